The van der Waals surface area contributed by atoms with E-state index in [2.05, 4.69) is 29.4 Å². The fourth-order valence-corrected chi connectivity index (χ4v) is 3.04. The van der Waals surface area contributed by atoms with Crippen LogP contribution in [0.1, 0.15) is 32.8 Å². The standard InChI is InChI=1S/C19H25N3O2/c1-13-6-5-7-15-16(8-10-20-17(13)15)21-14-9-11-22(12-14)18(23)24-19(2,3)4/h5-8,10,14H,9,11-12H2,1-4H3,(H,20,21)/t14-/m1/s1. The molecule has 1 fully saturated rings. The summed E-state index contributed by atoms with van der Waals surface area (Å²) in [6.07, 6.45) is 2.51. The van der Waals surface area contributed by atoms with Crippen LogP contribution in [0.15, 0.2) is 30.5 Å². The lowest BCUT2D eigenvalue weighted by Crippen LogP contribution is -2.36. The number of nitrogens with one attached hydrogen (secondary N) is 1. The molecule has 24 heavy (non-hydrogen) atoms. The van der Waals surface area contributed by atoms with Crippen molar-refractivity contribution in [3.63, 3.8) is 0 Å². The van der Waals surface area contributed by atoms with Crippen molar-refractivity contribution >= 4 is 22.7 Å². The summed E-state index contributed by atoms with van der Waals surface area (Å²) < 4.78 is 5.46. The molecule has 2 heterocycles. The summed E-state index contributed by atoms with van der Waals surface area (Å²) in [5.74, 6) is 0. The second kappa shape index (κ2) is 6.30. The van der Waals surface area contributed by atoms with Crippen molar-refractivity contribution in [1.82, 2.24) is 9.88 Å². The van der Waals surface area contributed by atoms with E-state index in [0.717, 1.165) is 28.6 Å². The van der Waals surface area contributed by atoms with Crippen LogP contribution in [0.5, 0.6) is 0 Å². The number of likely N-dealkylation sites (tertiary alicyclic amines) is 1. The maximum atomic E-state index is 12.2. The highest BCUT2D eigenvalue weighted by Crippen LogP contribution is 2.26. The van der Waals surface area contributed by atoms with Crippen molar-refractivity contribution < 1.29 is 9.53 Å². The number of aryl methyl sites for hydroxylation is 1. The first-order chi connectivity index (χ1) is 11.3. The molecule has 0 aliphatic carbocycles. The summed E-state index contributed by atoms with van der Waals surface area (Å²) >= 11 is 0. The Morgan fingerprint density at radius 1 is 1.33 bits per heavy atom. The third-order valence-electron chi connectivity index (χ3n) is 4.17. The van der Waals surface area contributed by atoms with Crippen LogP contribution >= 0.6 is 0 Å². The van der Waals surface area contributed by atoms with Gasteiger partial charge >= 0.3 is 6.09 Å². The molecular formula is C19H25N3O2. The molecule has 1 aliphatic heterocycles. The van der Waals surface area contributed by atoms with E-state index in [4.69, 9.17) is 4.74 Å². The summed E-state index contributed by atoms with van der Waals surface area (Å²) in [6.45, 7) is 9.12. The first-order valence-electron chi connectivity index (χ1n) is 8.42. The molecule has 0 saturated carbocycles. The predicted molar refractivity (Wildman–Crippen MR) is 96.3 cm³/mol. The Labute approximate surface area is 143 Å². The molecule has 0 radical (unpaired) electrons. The fraction of sp³-hybridized carbons (Fsp3) is 0.474. The molecule has 1 atom stereocenters. The number of pyridine rings is 1. The lowest BCUT2D eigenvalue weighted by atomic mass is 10.1. The van der Waals surface area contributed by atoms with Gasteiger partial charge in [0.25, 0.3) is 0 Å². The van der Waals surface area contributed by atoms with Crippen molar-refractivity contribution in [2.24, 2.45) is 0 Å². The molecule has 128 valence electrons. The van der Waals surface area contributed by atoms with Gasteiger partial charge in [0.05, 0.1) is 5.52 Å². The molecule has 5 nitrogen and oxygen atoms in total. The first kappa shape index (κ1) is 16.6. The van der Waals surface area contributed by atoms with E-state index in [-0.39, 0.29) is 12.1 Å². The molecule has 0 bridgehead atoms. The Kier molecular flexibility index (Phi) is 4.35. The number of fused-ring (bicyclic) bond motifs is 1. The normalized spacial score (nSPS) is 18.0. The van der Waals surface area contributed by atoms with Crippen LogP contribution in [0.2, 0.25) is 0 Å². The molecule has 1 saturated heterocycles. The van der Waals surface area contributed by atoms with Crippen molar-refractivity contribution in [2.75, 3.05) is 18.4 Å². The first-order valence-corrected chi connectivity index (χ1v) is 8.42. The zero-order valence-corrected chi connectivity index (χ0v) is 14.8. The lowest BCUT2D eigenvalue weighted by molar-refractivity contribution is 0.0293. The highest BCUT2D eigenvalue weighted by molar-refractivity contribution is 5.93. The van der Waals surface area contributed by atoms with Crippen LogP contribution < -0.4 is 5.32 Å². The minimum atomic E-state index is -0.457. The molecule has 2 aromatic rings. The van der Waals surface area contributed by atoms with Gasteiger partial charge in [-0.05, 0) is 45.7 Å². The SMILES string of the molecule is Cc1cccc2c(N[C@@H]3CCN(C(=O)OC(C)(C)C)C3)ccnc12. The van der Waals surface area contributed by atoms with Gasteiger partial charge in [0.2, 0.25) is 0 Å². The van der Waals surface area contributed by atoms with Crippen molar-refractivity contribution in [3.05, 3.63) is 36.0 Å². The van der Waals surface area contributed by atoms with Gasteiger partial charge in [-0.15, -0.1) is 0 Å². The predicted octanol–water partition coefficient (Wildman–Crippen LogP) is 3.96. The lowest BCUT2D eigenvalue weighted by Gasteiger charge is -2.24. The quantitative estimate of drug-likeness (QED) is 0.907. The Balaban J connectivity index is 1.70. The summed E-state index contributed by atoms with van der Waals surface area (Å²) in [7, 11) is 0. The van der Waals surface area contributed by atoms with Gasteiger partial charge in [-0.2, -0.15) is 0 Å². The molecule has 0 spiro atoms. The molecule has 0 unspecified atom stereocenters. The number of aromatic nitrogens is 1. The van der Waals surface area contributed by atoms with E-state index in [9.17, 15) is 4.79 Å². The molecule has 1 amide bonds. The monoisotopic (exact) mass is 327 g/mol. The third-order valence-corrected chi connectivity index (χ3v) is 4.17. The molecular weight excluding hydrogens is 302 g/mol. The van der Waals surface area contributed by atoms with Crippen LogP contribution in [0.4, 0.5) is 10.5 Å². The minimum Gasteiger partial charge on any atom is -0.444 e. The van der Waals surface area contributed by atoms with Crippen LogP contribution in [-0.4, -0.2) is 40.7 Å². The minimum absolute atomic E-state index is 0.226. The number of amides is 1. The number of hydrogen-bond acceptors (Lipinski definition) is 4. The average Bonchev–Trinajstić information content (AvgIpc) is 2.95. The van der Waals surface area contributed by atoms with E-state index < -0.39 is 5.60 Å². The second-order valence-corrected chi connectivity index (χ2v) is 7.39. The molecule has 3 rings (SSSR count). The Bertz CT molecular complexity index is 752. The zero-order chi connectivity index (χ0) is 17.3. The van der Waals surface area contributed by atoms with E-state index in [1.54, 1.807) is 4.90 Å². The zero-order valence-electron chi connectivity index (χ0n) is 14.8. The fourth-order valence-electron chi connectivity index (χ4n) is 3.04. The van der Waals surface area contributed by atoms with Gasteiger partial charge in [0.15, 0.2) is 0 Å². The number of benzene rings is 1. The highest BCUT2D eigenvalue weighted by atomic mass is 16.6. The molecule has 1 aliphatic rings. The smallest absolute Gasteiger partial charge is 0.410 e. The van der Waals surface area contributed by atoms with Crippen molar-refractivity contribution in [2.45, 2.75) is 45.8 Å². The maximum Gasteiger partial charge on any atom is 0.410 e. The van der Waals surface area contributed by atoms with Gasteiger partial charge < -0.3 is 15.0 Å². The van der Waals surface area contributed by atoms with Gasteiger partial charge in [-0.3, -0.25) is 4.98 Å². The van der Waals surface area contributed by atoms with E-state index in [1.165, 1.54) is 0 Å². The van der Waals surface area contributed by atoms with E-state index in [1.807, 2.05) is 39.1 Å². The van der Waals surface area contributed by atoms with E-state index in [0.29, 0.717) is 13.1 Å². The summed E-state index contributed by atoms with van der Waals surface area (Å²) in [5.41, 5.74) is 2.80. The van der Waals surface area contributed by atoms with E-state index >= 15 is 0 Å². The number of carbonyl (C=O) groups excluding carboxylic acids is 1. The molecule has 1 N–H and O–H groups in total. The number of carbonyl (C=O) groups is 1. The van der Waals surface area contributed by atoms with Crippen molar-refractivity contribution in [1.29, 1.82) is 0 Å². The maximum absolute atomic E-state index is 12.2. The number of nitrogens with zero attached hydrogens (tertiary/aromatic N) is 2. The molecule has 1 aromatic carbocycles. The largest absolute Gasteiger partial charge is 0.444 e. The second-order valence-electron chi connectivity index (χ2n) is 7.39. The van der Waals surface area contributed by atoms with Gasteiger partial charge in [-0.1, -0.05) is 18.2 Å². The Hall–Kier alpha value is -2.30. The average molecular weight is 327 g/mol. The number of ether oxygens (including phenoxy) is 1. The summed E-state index contributed by atoms with van der Waals surface area (Å²) in [6, 6.07) is 8.42. The van der Waals surface area contributed by atoms with Crippen LogP contribution in [0.25, 0.3) is 10.9 Å². The van der Waals surface area contributed by atoms with Gasteiger partial charge in [-0.25, -0.2) is 4.79 Å². The Morgan fingerprint density at radius 3 is 2.88 bits per heavy atom. The highest BCUT2D eigenvalue weighted by Gasteiger charge is 2.29. The third kappa shape index (κ3) is 3.61. The van der Waals surface area contributed by atoms with Crippen LogP contribution in [0.3, 0.4) is 0 Å². The summed E-state index contributed by atoms with van der Waals surface area (Å²) in [4.78, 5) is 18.4. The number of rotatable bonds is 2. The number of hydrogen-bond donors (Lipinski definition) is 1. The summed E-state index contributed by atoms with van der Waals surface area (Å²) in [5, 5.41) is 4.69. The van der Waals surface area contributed by atoms with Gasteiger partial charge in [0, 0.05) is 36.4 Å². The molecule has 5 heteroatoms. The number of para-hydroxylation sites is 1. The molecule has 1 aromatic heterocycles. The number of anilines is 1. The topological polar surface area (TPSA) is 54.5 Å². The Morgan fingerprint density at radius 2 is 2.12 bits per heavy atom. The van der Waals surface area contributed by atoms with Crippen LogP contribution in [-0.2, 0) is 4.74 Å². The van der Waals surface area contributed by atoms with Crippen LogP contribution in [0, 0.1) is 6.92 Å². The van der Waals surface area contributed by atoms with Crippen molar-refractivity contribution in [3.8, 4) is 0 Å². The van der Waals surface area contributed by atoms with Gasteiger partial charge in [0.1, 0.15) is 5.60 Å².